The third kappa shape index (κ3) is 3.26. The molecule has 0 bridgehead atoms. The fourth-order valence-electron chi connectivity index (χ4n) is 1.79. The molecule has 0 fully saturated rings. The first-order valence-electron chi connectivity index (χ1n) is 5.82. The summed E-state index contributed by atoms with van der Waals surface area (Å²) < 4.78 is 23.3. The topological polar surface area (TPSA) is 68.7 Å². The van der Waals surface area contributed by atoms with Crippen molar-refractivity contribution in [1.29, 1.82) is 0 Å². The lowest BCUT2D eigenvalue weighted by Gasteiger charge is -2.09. The van der Waals surface area contributed by atoms with Crippen LogP contribution < -0.4 is 4.74 Å². The predicted molar refractivity (Wildman–Crippen MR) is 76.7 cm³/mol. The van der Waals surface area contributed by atoms with Crippen LogP contribution >= 0.6 is 18.7 Å². The Hall–Kier alpha value is -1.10. The van der Waals surface area contributed by atoms with Crippen molar-refractivity contribution in [2.24, 2.45) is 0 Å². The van der Waals surface area contributed by atoms with E-state index >= 15 is 0 Å². The summed E-state index contributed by atoms with van der Waals surface area (Å²) in [6, 6.07) is 3.28. The molecule has 5 nitrogen and oxygen atoms in total. The molecule has 1 unspecified atom stereocenters. The van der Waals surface area contributed by atoms with Crippen LogP contribution in [0.1, 0.15) is 11.9 Å². The Morgan fingerprint density at radius 3 is 2.84 bits per heavy atom. The minimum absolute atomic E-state index is 0.0522. The highest BCUT2D eigenvalue weighted by atomic mass is 32.1. The minimum Gasteiger partial charge on any atom is -0.504 e. The number of phenols is 1. The van der Waals surface area contributed by atoms with Crippen molar-refractivity contribution in [3.63, 3.8) is 0 Å². The average Bonchev–Trinajstić information content (AvgIpc) is 2.67. The minimum atomic E-state index is -2.65. The first-order chi connectivity index (χ1) is 8.95. The zero-order valence-electron chi connectivity index (χ0n) is 11.0. The van der Waals surface area contributed by atoms with Gasteiger partial charge in [-0.05, 0) is 6.92 Å². The van der Waals surface area contributed by atoms with E-state index in [2.05, 4.69) is 4.98 Å². The molecule has 0 amide bonds. The van der Waals surface area contributed by atoms with Gasteiger partial charge in [-0.3, -0.25) is 4.57 Å². The number of ether oxygens (including phenoxy) is 1. The van der Waals surface area contributed by atoms with Gasteiger partial charge in [0.25, 0.3) is 0 Å². The van der Waals surface area contributed by atoms with Crippen LogP contribution in [0.4, 0.5) is 0 Å². The van der Waals surface area contributed by atoms with E-state index in [9.17, 15) is 9.67 Å². The zero-order valence-corrected chi connectivity index (χ0v) is 12.8. The first-order valence-corrected chi connectivity index (χ1v) is 8.90. The Bertz CT molecular complexity index is 640. The smallest absolute Gasteiger partial charge is 0.206 e. The standard InChI is InChI=1S/C12H16NO4PS/c1-4-17-18(3,15)7-12-13-8-5-9(14)10(16-2)6-11(8)19-12/h5-6,14H,4,7H2,1-3H3. The Balaban J connectivity index is 2.34. The number of aromatic nitrogens is 1. The van der Waals surface area contributed by atoms with Gasteiger partial charge >= 0.3 is 0 Å². The Morgan fingerprint density at radius 2 is 2.21 bits per heavy atom. The molecular weight excluding hydrogens is 285 g/mol. The van der Waals surface area contributed by atoms with Gasteiger partial charge in [-0.25, -0.2) is 4.98 Å². The molecule has 0 aliphatic heterocycles. The number of aromatic hydroxyl groups is 1. The van der Waals surface area contributed by atoms with Gasteiger partial charge in [0.05, 0.1) is 30.1 Å². The second-order valence-electron chi connectivity index (χ2n) is 4.19. The molecule has 2 aromatic rings. The van der Waals surface area contributed by atoms with Gasteiger partial charge in [0.15, 0.2) is 11.5 Å². The van der Waals surface area contributed by atoms with Crippen molar-refractivity contribution >= 4 is 28.9 Å². The molecule has 2 rings (SSSR count). The molecule has 0 aliphatic rings. The molecule has 0 aliphatic carbocycles. The van der Waals surface area contributed by atoms with Crippen LogP contribution in [-0.2, 0) is 15.3 Å². The molecule has 19 heavy (non-hydrogen) atoms. The van der Waals surface area contributed by atoms with Gasteiger partial charge in [0.1, 0.15) is 5.01 Å². The summed E-state index contributed by atoms with van der Waals surface area (Å²) in [5.41, 5.74) is 0.676. The lowest BCUT2D eigenvalue weighted by atomic mass is 10.3. The van der Waals surface area contributed by atoms with Crippen molar-refractivity contribution in [1.82, 2.24) is 4.98 Å². The second-order valence-corrected chi connectivity index (χ2v) is 7.91. The van der Waals surface area contributed by atoms with Crippen LogP contribution in [0.5, 0.6) is 11.5 Å². The number of methoxy groups -OCH3 is 1. The molecule has 0 saturated heterocycles. The number of rotatable bonds is 5. The number of hydrogen-bond donors (Lipinski definition) is 1. The molecule has 1 N–H and O–H groups in total. The highest BCUT2D eigenvalue weighted by Crippen LogP contribution is 2.47. The molecule has 0 spiro atoms. The maximum absolute atomic E-state index is 12.1. The number of benzene rings is 1. The van der Waals surface area contributed by atoms with Crippen LogP contribution in [-0.4, -0.2) is 30.5 Å². The Kier molecular flexibility index (Phi) is 4.13. The maximum Gasteiger partial charge on any atom is 0.206 e. The van der Waals surface area contributed by atoms with E-state index in [0.29, 0.717) is 24.0 Å². The second kappa shape index (κ2) is 5.49. The molecule has 1 aromatic carbocycles. The SMILES string of the molecule is CCOP(C)(=O)Cc1nc2cc(O)c(OC)cc2s1. The van der Waals surface area contributed by atoms with Crippen LogP contribution in [0.2, 0.25) is 0 Å². The summed E-state index contributed by atoms with van der Waals surface area (Å²) in [6.45, 7) is 3.85. The Labute approximate surface area is 115 Å². The lowest BCUT2D eigenvalue weighted by molar-refractivity contribution is 0.336. The number of nitrogens with zero attached hydrogens (tertiary/aromatic N) is 1. The molecular formula is C12H16NO4PS. The van der Waals surface area contributed by atoms with Gasteiger partial charge in [-0.1, -0.05) is 0 Å². The van der Waals surface area contributed by atoms with Gasteiger partial charge in [0.2, 0.25) is 7.37 Å². The summed E-state index contributed by atoms with van der Waals surface area (Å²) in [6.07, 6.45) is 0.309. The van der Waals surface area contributed by atoms with Crippen molar-refractivity contribution in [3.05, 3.63) is 17.1 Å². The van der Waals surface area contributed by atoms with Crippen LogP contribution in [0.15, 0.2) is 12.1 Å². The van der Waals surface area contributed by atoms with Crippen LogP contribution in [0.3, 0.4) is 0 Å². The highest BCUT2D eigenvalue weighted by molar-refractivity contribution is 7.57. The zero-order chi connectivity index (χ0) is 14.0. The van der Waals surface area contributed by atoms with E-state index in [-0.39, 0.29) is 5.75 Å². The average molecular weight is 301 g/mol. The number of thiazole rings is 1. The van der Waals surface area contributed by atoms with E-state index in [1.807, 2.05) is 6.92 Å². The van der Waals surface area contributed by atoms with Crippen LogP contribution in [0.25, 0.3) is 10.2 Å². The van der Waals surface area contributed by atoms with Gasteiger partial charge in [-0.15, -0.1) is 11.3 Å². The van der Waals surface area contributed by atoms with E-state index in [4.69, 9.17) is 9.26 Å². The largest absolute Gasteiger partial charge is 0.504 e. The fraction of sp³-hybridized carbons (Fsp3) is 0.417. The number of phenolic OH excluding ortho intramolecular Hbond substituents is 1. The quantitative estimate of drug-likeness (QED) is 0.857. The van der Waals surface area contributed by atoms with Gasteiger partial charge in [0, 0.05) is 18.8 Å². The molecule has 7 heteroatoms. The normalized spacial score (nSPS) is 14.5. The highest BCUT2D eigenvalue weighted by Gasteiger charge is 2.19. The predicted octanol–water partition coefficient (Wildman–Crippen LogP) is 3.45. The summed E-state index contributed by atoms with van der Waals surface area (Å²) in [7, 11) is -1.15. The van der Waals surface area contributed by atoms with Crippen molar-refractivity contribution in [3.8, 4) is 11.5 Å². The summed E-state index contributed by atoms with van der Waals surface area (Å²) in [5.74, 6) is 0.462. The number of hydrogen-bond acceptors (Lipinski definition) is 6. The van der Waals surface area contributed by atoms with Crippen molar-refractivity contribution in [2.45, 2.75) is 13.1 Å². The fourth-order valence-corrected chi connectivity index (χ4v) is 4.72. The summed E-state index contributed by atoms with van der Waals surface area (Å²) >= 11 is 1.43. The maximum atomic E-state index is 12.1. The van der Waals surface area contributed by atoms with E-state index in [1.54, 1.807) is 18.8 Å². The lowest BCUT2D eigenvalue weighted by Crippen LogP contribution is -1.91. The molecule has 1 heterocycles. The third-order valence-electron chi connectivity index (χ3n) is 2.56. The van der Waals surface area contributed by atoms with Crippen LogP contribution in [0, 0.1) is 0 Å². The van der Waals surface area contributed by atoms with Crippen molar-refractivity contribution < 1.29 is 18.9 Å². The Morgan fingerprint density at radius 1 is 1.47 bits per heavy atom. The monoisotopic (exact) mass is 301 g/mol. The molecule has 104 valence electrons. The molecule has 0 saturated carbocycles. The van der Waals surface area contributed by atoms with E-state index in [1.165, 1.54) is 18.4 Å². The van der Waals surface area contributed by atoms with E-state index < -0.39 is 7.37 Å². The van der Waals surface area contributed by atoms with Crippen molar-refractivity contribution in [2.75, 3.05) is 20.4 Å². The summed E-state index contributed by atoms with van der Waals surface area (Å²) in [4.78, 5) is 4.37. The molecule has 0 radical (unpaired) electrons. The molecule has 1 aromatic heterocycles. The van der Waals surface area contributed by atoms with Gasteiger partial charge < -0.3 is 14.4 Å². The third-order valence-corrected chi connectivity index (χ3v) is 5.47. The summed E-state index contributed by atoms with van der Waals surface area (Å²) in [5, 5.41) is 10.4. The first kappa shape index (κ1) is 14.3. The number of fused-ring (bicyclic) bond motifs is 1. The van der Waals surface area contributed by atoms with E-state index in [0.717, 1.165) is 9.71 Å². The molecule has 1 atom stereocenters. The van der Waals surface area contributed by atoms with Gasteiger partial charge in [-0.2, -0.15) is 0 Å².